The summed E-state index contributed by atoms with van der Waals surface area (Å²) in [5.41, 5.74) is 0.403. The Bertz CT molecular complexity index is 1050. The molecule has 1 amide bonds. The Morgan fingerprint density at radius 3 is 2.31 bits per heavy atom. The fraction of sp³-hybridized carbons (Fsp3) is 0.211. The smallest absolute Gasteiger partial charge is 0.264 e. The van der Waals surface area contributed by atoms with Crippen molar-refractivity contribution < 1.29 is 13.2 Å². The molecule has 0 unspecified atom stereocenters. The number of thioether (sulfide) groups is 1. The van der Waals surface area contributed by atoms with Crippen LogP contribution in [0.1, 0.15) is 13.8 Å². The van der Waals surface area contributed by atoms with Crippen LogP contribution < -0.4 is 9.62 Å². The summed E-state index contributed by atoms with van der Waals surface area (Å²) in [6.07, 6.45) is 0. The van der Waals surface area contributed by atoms with Gasteiger partial charge in [0.15, 0.2) is 4.34 Å². The number of hydrogen-bond acceptors (Lipinski definition) is 7. The van der Waals surface area contributed by atoms with Crippen LogP contribution in [0, 0.1) is 0 Å². The number of carbonyl (C=O) groups is 1. The number of benzene rings is 2. The Balaban J connectivity index is 1.82. The monoisotopic (exact) mass is 448 g/mol. The van der Waals surface area contributed by atoms with Gasteiger partial charge in [-0.2, -0.15) is 0 Å². The Labute approximate surface area is 178 Å². The summed E-state index contributed by atoms with van der Waals surface area (Å²) in [7, 11) is -3.92. The lowest BCUT2D eigenvalue weighted by atomic mass is 10.3. The lowest BCUT2D eigenvalue weighted by Crippen LogP contribution is -2.38. The number of nitrogens with zero attached hydrogens (tertiary/aromatic N) is 3. The Kier molecular flexibility index (Phi) is 6.88. The van der Waals surface area contributed by atoms with Gasteiger partial charge in [0, 0.05) is 5.25 Å². The van der Waals surface area contributed by atoms with E-state index in [0.717, 1.165) is 8.64 Å². The van der Waals surface area contributed by atoms with E-state index in [2.05, 4.69) is 15.5 Å². The summed E-state index contributed by atoms with van der Waals surface area (Å²) in [6.45, 7) is 3.69. The second-order valence-corrected chi connectivity index (χ2v) is 10.9. The van der Waals surface area contributed by atoms with Gasteiger partial charge in [-0.3, -0.25) is 14.4 Å². The van der Waals surface area contributed by atoms with Crippen LogP contribution >= 0.6 is 23.1 Å². The Morgan fingerprint density at radius 1 is 1.07 bits per heavy atom. The van der Waals surface area contributed by atoms with Crippen molar-refractivity contribution in [1.82, 2.24) is 10.2 Å². The molecule has 0 atom stereocenters. The minimum atomic E-state index is -3.92. The van der Waals surface area contributed by atoms with Crippen molar-refractivity contribution in [1.29, 1.82) is 0 Å². The van der Waals surface area contributed by atoms with Crippen LogP contribution in [0.5, 0.6) is 0 Å². The zero-order chi connectivity index (χ0) is 20.9. The predicted octanol–water partition coefficient (Wildman–Crippen LogP) is 3.87. The number of anilines is 2. The van der Waals surface area contributed by atoms with Gasteiger partial charge >= 0.3 is 0 Å². The molecule has 1 heterocycles. The normalized spacial score (nSPS) is 11.4. The molecule has 1 aromatic heterocycles. The maximum Gasteiger partial charge on any atom is 0.264 e. The molecule has 2 aromatic carbocycles. The number of sulfonamides is 1. The van der Waals surface area contributed by atoms with E-state index >= 15 is 0 Å². The molecule has 0 fully saturated rings. The molecule has 0 radical (unpaired) electrons. The summed E-state index contributed by atoms with van der Waals surface area (Å²) in [5, 5.41) is 11.3. The van der Waals surface area contributed by atoms with Gasteiger partial charge in [-0.15, -0.1) is 10.2 Å². The lowest BCUT2D eigenvalue weighted by Gasteiger charge is -2.23. The number of aromatic nitrogens is 2. The second kappa shape index (κ2) is 9.38. The number of amides is 1. The molecular weight excluding hydrogens is 428 g/mol. The van der Waals surface area contributed by atoms with Crippen molar-refractivity contribution in [2.75, 3.05) is 16.2 Å². The molecule has 3 aromatic rings. The molecule has 3 rings (SSSR count). The third kappa shape index (κ3) is 5.55. The molecule has 0 saturated heterocycles. The van der Waals surface area contributed by atoms with Crippen molar-refractivity contribution in [2.45, 2.75) is 28.3 Å². The average molecular weight is 449 g/mol. The highest BCUT2D eigenvalue weighted by atomic mass is 32.2. The van der Waals surface area contributed by atoms with Crippen molar-refractivity contribution >= 4 is 49.8 Å². The van der Waals surface area contributed by atoms with Gasteiger partial charge in [-0.25, -0.2) is 8.42 Å². The molecule has 0 aliphatic heterocycles. The Morgan fingerprint density at radius 2 is 1.69 bits per heavy atom. The molecule has 0 aliphatic carbocycles. The van der Waals surface area contributed by atoms with Crippen molar-refractivity contribution in [3.8, 4) is 0 Å². The molecule has 0 bridgehead atoms. The maximum atomic E-state index is 13.2. The third-order valence-electron chi connectivity index (χ3n) is 3.65. The zero-order valence-corrected chi connectivity index (χ0v) is 18.3. The van der Waals surface area contributed by atoms with E-state index in [4.69, 9.17) is 0 Å². The van der Waals surface area contributed by atoms with E-state index < -0.39 is 15.9 Å². The van der Waals surface area contributed by atoms with Crippen LogP contribution in [0.4, 0.5) is 10.8 Å². The number of para-hydroxylation sites is 1. The van der Waals surface area contributed by atoms with Crippen LogP contribution in [0.15, 0.2) is 69.9 Å². The second-order valence-electron chi connectivity index (χ2n) is 6.25. The molecule has 10 heteroatoms. The number of rotatable bonds is 8. The van der Waals surface area contributed by atoms with Crippen LogP contribution in [-0.2, 0) is 14.8 Å². The Hall–Kier alpha value is -2.43. The van der Waals surface area contributed by atoms with Crippen molar-refractivity contribution in [2.24, 2.45) is 0 Å². The van der Waals surface area contributed by atoms with E-state index in [1.807, 2.05) is 13.8 Å². The molecule has 152 valence electrons. The third-order valence-corrected chi connectivity index (χ3v) is 7.37. The largest absolute Gasteiger partial charge is 0.299 e. The standard InChI is InChI=1S/C19H20N4O3S3/c1-14(2)27-19-22-21-18(28-19)20-17(24)13-23(15-9-5-3-6-10-15)29(25,26)16-11-7-4-8-12-16/h3-12,14H,13H2,1-2H3,(H,20,21,24). The molecule has 0 saturated carbocycles. The fourth-order valence-corrected chi connectivity index (χ4v) is 5.86. The SMILES string of the molecule is CC(C)Sc1nnc(NC(=O)CN(c2ccccc2)S(=O)(=O)c2ccccc2)s1. The molecular formula is C19H20N4O3S3. The first-order chi connectivity index (χ1) is 13.9. The van der Waals surface area contributed by atoms with Gasteiger partial charge in [0.1, 0.15) is 6.54 Å². The van der Waals surface area contributed by atoms with E-state index in [1.54, 1.807) is 60.3 Å². The minimum absolute atomic E-state index is 0.114. The van der Waals surface area contributed by atoms with E-state index in [-0.39, 0.29) is 11.4 Å². The molecule has 0 spiro atoms. The highest BCUT2D eigenvalue weighted by Crippen LogP contribution is 2.29. The predicted molar refractivity (Wildman–Crippen MR) is 117 cm³/mol. The van der Waals surface area contributed by atoms with Crippen LogP contribution in [-0.4, -0.2) is 36.3 Å². The molecule has 7 nitrogen and oxygen atoms in total. The summed E-state index contributed by atoms with van der Waals surface area (Å²) in [4.78, 5) is 12.7. The van der Waals surface area contributed by atoms with Gasteiger partial charge in [0.05, 0.1) is 10.6 Å². The lowest BCUT2D eigenvalue weighted by molar-refractivity contribution is -0.114. The first kappa shape index (κ1) is 21.3. The highest BCUT2D eigenvalue weighted by Gasteiger charge is 2.27. The zero-order valence-electron chi connectivity index (χ0n) is 15.8. The highest BCUT2D eigenvalue weighted by molar-refractivity contribution is 8.01. The summed E-state index contributed by atoms with van der Waals surface area (Å²) >= 11 is 2.80. The van der Waals surface area contributed by atoms with Gasteiger partial charge in [0.2, 0.25) is 11.0 Å². The van der Waals surface area contributed by atoms with Crippen LogP contribution in [0.3, 0.4) is 0 Å². The topological polar surface area (TPSA) is 92.3 Å². The van der Waals surface area contributed by atoms with Crippen LogP contribution in [0.25, 0.3) is 0 Å². The number of hydrogen-bond donors (Lipinski definition) is 1. The van der Waals surface area contributed by atoms with Crippen LogP contribution in [0.2, 0.25) is 0 Å². The number of carbonyl (C=O) groups excluding carboxylic acids is 1. The van der Waals surface area contributed by atoms with E-state index in [9.17, 15) is 13.2 Å². The average Bonchev–Trinajstić information content (AvgIpc) is 3.13. The molecule has 0 aliphatic rings. The minimum Gasteiger partial charge on any atom is -0.299 e. The van der Waals surface area contributed by atoms with Crippen molar-refractivity contribution in [3.63, 3.8) is 0 Å². The van der Waals surface area contributed by atoms with E-state index in [0.29, 0.717) is 16.1 Å². The van der Waals surface area contributed by atoms with Crippen molar-refractivity contribution in [3.05, 3.63) is 60.7 Å². The quantitative estimate of drug-likeness (QED) is 0.415. The summed E-state index contributed by atoms with van der Waals surface area (Å²) < 4.78 is 28.2. The summed E-state index contributed by atoms with van der Waals surface area (Å²) in [6, 6.07) is 16.6. The van der Waals surface area contributed by atoms with Gasteiger partial charge in [-0.1, -0.05) is 73.3 Å². The summed E-state index contributed by atoms with van der Waals surface area (Å²) in [5.74, 6) is -0.495. The first-order valence-corrected chi connectivity index (χ1v) is 11.9. The fourth-order valence-electron chi connectivity index (χ4n) is 2.43. The first-order valence-electron chi connectivity index (χ1n) is 8.79. The van der Waals surface area contributed by atoms with E-state index in [1.165, 1.54) is 23.5 Å². The molecule has 29 heavy (non-hydrogen) atoms. The van der Waals surface area contributed by atoms with Gasteiger partial charge in [0.25, 0.3) is 10.0 Å². The maximum absolute atomic E-state index is 13.2. The van der Waals surface area contributed by atoms with Gasteiger partial charge < -0.3 is 0 Å². The number of nitrogens with one attached hydrogen (secondary N) is 1. The molecule has 1 N–H and O–H groups in total. The van der Waals surface area contributed by atoms with Gasteiger partial charge in [-0.05, 0) is 24.3 Å².